The van der Waals surface area contributed by atoms with E-state index in [-0.39, 0.29) is 36.9 Å². The maximum Gasteiger partial charge on any atom is 0.267 e. The lowest BCUT2D eigenvalue weighted by molar-refractivity contribution is -0.968. The molecule has 4 N–H and O–H groups in total. The number of nitrogens with zero attached hydrogens (tertiary/aromatic N) is 2. The van der Waals surface area contributed by atoms with E-state index in [0.717, 1.165) is 82.3 Å². The molecule has 0 saturated carbocycles. The minimum absolute atomic E-state index is 0.0173. The number of hydrogen-bond donors (Lipinski definition) is 4. The number of carbonyl (C=O) groups is 2. The van der Waals surface area contributed by atoms with Crippen LogP contribution in [0.1, 0.15) is 77.3 Å². The lowest BCUT2D eigenvalue weighted by Gasteiger charge is -2.41. The summed E-state index contributed by atoms with van der Waals surface area (Å²) in [6, 6.07) is 15.8. The van der Waals surface area contributed by atoms with Gasteiger partial charge in [0.1, 0.15) is 76.2 Å². The molecule has 2 aliphatic rings. The van der Waals surface area contributed by atoms with Crippen molar-refractivity contribution in [1.29, 1.82) is 0 Å². The van der Waals surface area contributed by atoms with Gasteiger partial charge in [0, 0.05) is 11.8 Å². The molecule has 2 saturated heterocycles. The minimum atomic E-state index is -0.694. The van der Waals surface area contributed by atoms with Crippen molar-refractivity contribution in [2.24, 2.45) is 11.8 Å². The highest BCUT2D eigenvalue weighted by molar-refractivity contribution is 5.77. The fourth-order valence-corrected chi connectivity index (χ4v) is 6.58. The predicted octanol–water partition coefficient (Wildman–Crippen LogP) is 4.13. The third-order valence-corrected chi connectivity index (χ3v) is 9.35. The van der Waals surface area contributed by atoms with E-state index in [4.69, 9.17) is 9.47 Å². The van der Waals surface area contributed by atoms with Crippen molar-refractivity contribution >= 4 is 11.8 Å². The monoisotopic (exact) mass is 654 g/mol. The first-order valence-electron chi connectivity index (χ1n) is 17.6. The Morgan fingerprint density at radius 1 is 0.617 bits per heavy atom. The summed E-state index contributed by atoms with van der Waals surface area (Å²) in [7, 11) is 0. The third kappa shape index (κ3) is 11.5. The van der Waals surface area contributed by atoms with Crippen LogP contribution in [-0.4, -0.2) is 95.9 Å². The van der Waals surface area contributed by atoms with Crippen LogP contribution in [0.15, 0.2) is 48.5 Å². The van der Waals surface area contributed by atoms with Crippen LogP contribution in [0.3, 0.4) is 0 Å². The maximum absolute atomic E-state index is 12.5. The molecule has 2 amide bonds. The van der Waals surface area contributed by atoms with E-state index < -0.39 is 12.2 Å². The number of likely N-dealkylation sites (tertiary alicyclic amines) is 2. The molecule has 2 aliphatic heterocycles. The highest BCUT2D eigenvalue weighted by Crippen LogP contribution is 2.22. The van der Waals surface area contributed by atoms with Crippen molar-refractivity contribution in [1.82, 2.24) is 10.9 Å². The largest absolute Gasteiger partial charge is 0.491 e. The van der Waals surface area contributed by atoms with Gasteiger partial charge >= 0.3 is 0 Å². The van der Waals surface area contributed by atoms with Gasteiger partial charge in [0.15, 0.2) is 0 Å². The lowest BCUT2D eigenvalue weighted by Crippen LogP contribution is -2.65. The quantitative estimate of drug-likeness (QED) is 0.202. The second-order valence-electron chi connectivity index (χ2n) is 14.3. The lowest BCUT2D eigenvalue weighted by atomic mass is 10.0. The molecule has 0 aromatic heterocycles. The van der Waals surface area contributed by atoms with Gasteiger partial charge in [-0.25, -0.2) is 20.0 Å². The Hall–Kier alpha value is -3.18. The zero-order valence-electron chi connectivity index (χ0n) is 29.0. The van der Waals surface area contributed by atoms with Crippen molar-refractivity contribution in [2.45, 2.75) is 84.8 Å². The number of hydrogen-bond acceptors (Lipinski definition) is 6. The summed E-state index contributed by atoms with van der Waals surface area (Å²) in [4.78, 5) is 24.9. The summed E-state index contributed by atoms with van der Waals surface area (Å²) in [6.07, 6.45) is 5.80. The molecule has 2 unspecified atom stereocenters. The second kappa shape index (κ2) is 17.3. The van der Waals surface area contributed by atoms with Crippen molar-refractivity contribution in [3.05, 3.63) is 59.7 Å². The second-order valence-corrected chi connectivity index (χ2v) is 14.3. The van der Waals surface area contributed by atoms with Crippen LogP contribution in [0.5, 0.6) is 11.5 Å². The molecule has 2 aromatic carbocycles. The topological polar surface area (TPSA) is 117 Å². The van der Waals surface area contributed by atoms with Crippen LogP contribution in [0, 0.1) is 11.8 Å². The Morgan fingerprint density at radius 3 is 1.28 bits per heavy atom. The zero-order valence-corrected chi connectivity index (χ0v) is 29.0. The van der Waals surface area contributed by atoms with Crippen LogP contribution in [-0.2, 0) is 16.0 Å². The molecule has 260 valence electrons. The Labute approximate surface area is 281 Å². The van der Waals surface area contributed by atoms with Crippen LogP contribution in [0.25, 0.3) is 0 Å². The number of aliphatic hydroxyl groups excluding tert-OH is 2. The van der Waals surface area contributed by atoms with Gasteiger partial charge in [-0.3, -0.25) is 9.59 Å². The molecule has 2 atom stereocenters. The van der Waals surface area contributed by atoms with E-state index in [1.807, 2.05) is 76.2 Å². The van der Waals surface area contributed by atoms with Gasteiger partial charge in [-0.15, -0.1) is 0 Å². The number of aliphatic hydroxyl groups is 2. The number of rotatable bonds is 16. The van der Waals surface area contributed by atoms with E-state index in [9.17, 15) is 19.8 Å². The van der Waals surface area contributed by atoms with E-state index in [2.05, 4.69) is 10.9 Å². The summed E-state index contributed by atoms with van der Waals surface area (Å²) in [5, 5.41) is 21.6. The standard InChI is InChI=1S/C37H56N4O6/c1-28(2)36(44)38-40(19-7-5-8-20-40)24-32(42)26-46-34-15-11-30(12-16-34)23-31-13-17-35(18-14-31)47-27-33(43)25-41(21-9-6-10-22-41)39-37(45)29(3)4/h11-18,28-29,32-33,42-43H,5-10,19-27H2,1-4H3/p+2. The number of amides is 2. The number of benzene rings is 2. The summed E-state index contributed by atoms with van der Waals surface area (Å²) in [5.41, 5.74) is 8.63. The van der Waals surface area contributed by atoms with E-state index in [1.54, 1.807) is 0 Å². The van der Waals surface area contributed by atoms with Crippen LogP contribution >= 0.6 is 0 Å². The molecular weight excluding hydrogens is 596 g/mol. The first-order chi connectivity index (χ1) is 22.5. The smallest absolute Gasteiger partial charge is 0.267 e. The zero-order chi connectivity index (χ0) is 33.9. The molecule has 0 radical (unpaired) electrons. The van der Waals surface area contributed by atoms with E-state index >= 15 is 0 Å². The first kappa shape index (κ1) is 36.7. The number of piperidine rings is 2. The molecule has 2 fully saturated rings. The van der Waals surface area contributed by atoms with Crippen LogP contribution in [0.2, 0.25) is 0 Å². The van der Waals surface area contributed by atoms with Crippen LogP contribution < -0.4 is 20.3 Å². The van der Waals surface area contributed by atoms with Crippen LogP contribution in [0.4, 0.5) is 0 Å². The fourth-order valence-electron chi connectivity index (χ4n) is 6.58. The van der Waals surface area contributed by atoms with E-state index in [1.165, 1.54) is 0 Å². The highest BCUT2D eigenvalue weighted by atomic mass is 16.5. The SMILES string of the molecule is CC(C)C(=O)N[N+]1(CC(O)COc2ccc(Cc3ccc(OCC(O)C[N+]4(NC(=O)C(C)C)CCCCC4)cc3)cc2)CCCCC1. The summed E-state index contributed by atoms with van der Waals surface area (Å²) >= 11 is 0. The normalized spacial score (nSPS) is 18.7. The third-order valence-electron chi connectivity index (χ3n) is 9.35. The summed E-state index contributed by atoms with van der Waals surface area (Å²) in [6.45, 7) is 12.1. The van der Waals surface area contributed by atoms with Gasteiger partial charge in [0.2, 0.25) is 0 Å². The molecule has 2 aromatic rings. The van der Waals surface area contributed by atoms with Crippen molar-refractivity contribution in [3.8, 4) is 11.5 Å². The fraction of sp³-hybridized carbons (Fsp3) is 0.622. The van der Waals surface area contributed by atoms with Gasteiger partial charge in [-0.2, -0.15) is 0 Å². The van der Waals surface area contributed by atoms with Gasteiger partial charge in [0.25, 0.3) is 11.8 Å². The van der Waals surface area contributed by atoms with Gasteiger partial charge < -0.3 is 19.7 Å². The minimum Gasteiger partial charge on any atom is -0.491 e. The Balaban J connectivity index is 1.22. The molecule has 0 aliphatic carbocycles. The number of carbonyl (C=O) groups excluding carboxylic acids is 2. The van der Waals surface area contributed by atoms with Gasteiger partial charge in [-0.1, -0.05) is 52.0 Å². The Morgan fingerprint density at radius 2 is 0.957 bits per heavy atom. The molecule has 10 heteroatoms. The highest BCUT2D eigenvalue weighted by Gasteiger charge is 2.37. The molecule has 10 nitrogen and oxygen atoms in total. The molecule has 4 rings (SSSR count). The maximum atomic E-state index is 12.5. The van der Waals surface area contributed by atoms with Crippen molar-refractivity contribution in [2.75, 3.05) is 52.5 Å². The number of nitrogens with one attached hydrogen (secondary N) is 2. The molecule has 0 spiro atoms. The van der Waals surface area contributed by atoms with Gasteiger partial charge in [-0.05, 0) is 80.3 Å². The van der Waals surface area contributed by atoms with Crippen molar-refractivity contribution in [3.63, 3.8) is 0 Å². The van der Waals surface area contributed by atoms with E-state index in [0.29, 0.717) is 33.8 Å². The Kier molecular flexibility index (Phi) is 13.5. The van der Waals surface area contributed by atoms with Crippen molar-refractivity contribution < 1.29 is 38.5 Å². The average Bonchev–Trinajstić information content (AvgIpc) is 3.04. The predicted molar refractivity (Wildman–Crippen MR) is 182 cm³/mol. The first-order valence-corrected chi connectivity index (χ1v) is 17.6. The number of quaternary nitrogens is 2. The summed E-state index contributed by atoms with van der Waals surface area (Å²) < 4.78 is 12.7. The van der Waals surface area contributed by atoms with Gasteiger partial charge in [0.05, 0.1) is 0 Å². The Bertz CT molecular complexity index is 1160. The number of ether oxygens (including phenoxy) is 2. The molecule has 47 heavy (non-hydrogen) atoms. The average molecular weight is 655 g/mol. The summed E-state index contributed by atoms with van der Waals surface area (Å²) in [5.74, 6) is 1.24. The molecular formula is C37H58N4O6+2. The molecule has 0 bridgehead atoms. The molecule has 2 heterocycles.